The second-order valence-corrected chi connectivity index (χ2v) is 6.59. The van der Waals surface area contributed by atoms with Crippen LogP contribution < -0.4 is 0 Å². The van der Waals surface area contributed by atoms with E-state index >= 15 is 0 Å². The fraction of sp³-hybridized carbons (Fsp3) is 0.857. The summed E-state index contributed by atoms with van der Waals surface area (Å²) in [7, 11) is 0. The van der Waals surface area contributed by atoms with Crippen LogP contribution in [0.1, 0.15) is 46.0 Å². The molecule has 2 fully saturated rings. The van der Waals surface area contributed by atoms with E-state index in [9.17, 15) is 9.59 Å². The molecule has 2 rings (SSSR count). The number of halogens is 1. The molecule has 2 unspecified atom stereocenters. The molecule has 0 aromatic rings. The monoisotopic (exact) mass is 315 g/mol. The first-order valence-electron chi connectivity index (χ1n) is 6.92. The highest BCUT2D eigenvalue weighted by atomic mass is 79.9. The Kier molecular flexibility index (Phi) is 4.15. The minimum absolute atomic E-state index is 0.0263. The molecule has 0 bridgehead atoms. The van der Waals surface area contributed by atoms with Crippen LogP contribution in [0.5, 0.6) is 0 Å². The van der Waals surface area contributed by atoms with Crippen molar-refractivity contribution in [3.63, 3.8) is 0 Å². The van der Waals surface area contributed by atoms with E-state index in [4.69, 9.17) is 0 Å². The van der Waals surface area contributed by atoms with Crippen molar-refractivity contribution in [2.45, 2.75) is 46.0 Å². The van der Waals surface area contributed by atoms with E-state index in [0.29, 0.717) is 6.54 Å². The van der Waals surface area contributed by atoms with E-state index in [2.05, 4.69) is 15.9 Å². The fourth-order valence-electron chi connectivity index (χ4n) is 3.15. The van der Waals surface area contributed by atoms with Gasteiger partial charge >= 0.3 is 0 Å². The molecule has 3 nitrogen and oxygen atoms in total. The predicted octanol–water partition coefficient (Wildman–Crippen LogP) is 2.97. The number of hydrogen-bond donors (Lipinski definition) is 0. The number of carbonyl (C=O) groups is 2. The van der Waals surface area contributed by atoms with Crippen LogP contribution in [0.15, 0.2) is 0 Å². The van der Waals surface area contributed by atoms with Crippen molar-refractivity contribution in [2.24, 2.45) is 17.3 Å². The number of imide groups is 1. The van der Waals surface area contributed by atoms with Crippen LogP contribution in [0, 0.1) is 17.3 Å². The lowest BCUT2D eigenvalue weighted by Crippen LogP contribution is -2.43. The van der Waals surface area contributed by atoms with Gasteiger partial charge in [0.2, 0.25) is 11.8 Å². The molecule has 0 aromatic heterocycles. The van der Waals surface area contributed by atoms with E-state index in [1.165, 1.54) is 24.2 Å². The first-order valence-corrected chi connectivity index (χ1v) is 8.04. The molecule has 1 heterocycles. The Labute approximate surface area is 117 Å². The molecule has 4 heteroatoms. The van der Waals surface area contributed by atoms with Crippen molar-refractivity contribution in [3.8, 4) is 0 Å². The van der Waals surface area contributed by atoms with Crippen molar-refractivity contribution < 1.29 is 9.59 Å². The van der Waals surface area contributed by atoms with Crippen molar-refractivity contribution in [2.75, 3.05) is 11.9 Å². The Bertz CT molecular complexity index is 330. The molecule has 1 saturated heterocycles. The van der Waals surface area contributed by atoms with Crippen LogP contribution in [0.2, 0.25) is 0 Å². The van der Waals surface area contributed by atoms with Gasteiger partial charge in [0.05, 0.1) is 0 Å². The highest BCUT2D eigenvalue weighted by Crippen LogP contribution is 2.40. The lowest BCUT2D eigenvalue weighted by atomic mass is 9.75. The molecule has 2 amide bonds. The average molecular weight is 316 g/mol. The van der Waals surface area contributed by atoms with E-state index in [1.807, 2.05) is 13.8 Å². The zero-order valence-corrected chi connectivity index (χ0v) is 12.8. The van der Waals surface area contributed by atoms with Gasteiger partial charge in [0.25, 0.3) is 0 Å². The Morgan fingerprint density at radius 2 is 1.61 bits per heavy atom. The standard InChI is InChI=1S/C14H22BrNO2/c1-10-11(2)13(18)16(12(10)17)9-14(8-15)6-4-3-5-7-14/h10-11H,3-9H2,1-2H3. The summed E-state index contributed by atoms with van der Waals surface area (Å²) in [4.78, 5) is 25.8. The maximum Gasteiger partial charge on any atom is 0.232 e. The van der Waals surface area contributed by atoms with Crippen molar-refractivity contribution in [1.82, 2.24) is 4.90 Å². The minimum atomic E-state index is -0.145. The smallest absolute Gasteiger partial charge is 0.232 e. The molecule has 0 aromatic carbocycles. The molecule has 2 aliphatic rings. The topological polar surface area (TPSA) is 37.4 Å². The third kappa shape index (κ3) is 2.36. The highest BCUT2D eigenvalue weighted by Gasteiger charge is 2.45. The summed E-state index contributed by atoms with van der Waals surface area (Å²) in [5, 5.41) is 0.889. The SMILES string of the molecule is CC1C(=O)N(CC2(CBr)CCCCC2)C(=O)C1C. The number of amides is 2. The summed E-state index contributed by atoms with van der Waals surface area (Å²) in [6.07, 6.45) is 5.96. The van der Waals surface area contributed by atoms with Crippen LogP contribution in [0.4, 0.5) is 0 Å². The van der Waals surface area contributed by atoms with Gasteiger partial charge in [0.1, 0.15) is 0 Å². The highest BCUT2D eigenvalue weighted by molar-refractivity contribution is 9.09. The molecular weight excluding hydrogens is 294 g/mol. The molecule has 0 spiro atoms. The Morgan fingerprint density at radius 3 is 2.06 bits per heavy atom. The predicted molar refractivity (Wildman–Crippen MR) is 74.4 cm³/mol. The van der Waals surface area contributed by atoms with Crippen LogP contribution in [-0.4, -0.2) is 28.6 Å². The van der Waals surface area contributed by atoms with Gasteiger partial charge in [0.15, 0.2) is 0 Å². The van der Waals surface area contributed by atoms with Crippen molar-refractivity contribution in [1.29, 1.82) is 0 Å². The second kappa shape index (κ2) is 5.32. The van der Waals surface area contributed by atoms with Gasteiger partial charge in [-0.2, -0.15) is 0 Å². The van der Waals surface area contributed by atoms with Crippen LogP contribution in [-0.2, 0) is 9.59 Å². The summed E-state index contributed by atoms with van der Waals surface area (Å²) < 4.78 is 0. The van der Waals surface area contributed by atoms with Gasteiger partial charge in [-0.1, -0.05) is 49.0 Å². The van der Waals surface area contributed by atoms with E-state index in [0.717, 1.165) is 18.2 Å². The van der Waals surface area contributed by atoms with Crippen LogP contribution in [0.3, 0.4) is 0 Å². The summed E-state index contributed by atoms with van der Waals surface area (Å²) in [6, 6.07) is 0. The second-order valence-electron chi connectivity index (χ2n) is 6.03. The lowest BCUT2D eigenvalue weighted by Gasteiger charge is -2.38. The number of alkyl halides is 1. The molecule has 1 saturated carbocycles. The fourth-order valence-corrected chi connectivity index (χ4v) is 3.89. The number of nitrogens with zero attached hydrogens (tertiary/aromatic N) is 1. The quantitative estimate of drug-likeness (QED) is 0.593. The molecule has 1 aliphatic carbocycles. The maximum absolute atomic E-state index is 12.1. The van der Waals surface area contributed by atoms with E-state index < -0.39 is 0 Å². The molecule has 2 atom stereocenters. The van der Waals surface area contributed by atoms with Gasteiger partial charge in [-0.15, -0.1) is 0 Å². The summed E-state index contributed by atoms with van der Waals surface area (Å²) in [5.74, 6) is -0.237. The molecule has 102 valence electrons. The molecule has 1 aliphatic heterocycles. The molecule has 0 N–H and O–H groups in total. The summed E-state index contributed by atoms with van der Waals surface area (Å²) in [5.41, 5.74) is 0.118. The number of hydrogen-bond acceptors (Lipinski definition) is 2. The molecule has 0 radical (unpaired) electrons. The lowest BCUT2D eigenvalue weighted by molar-refractivity contribution is -0.141. The zero-order valence-electron chi connectivity index (χ0n) is 11.2. The molecule has 18 heavy (non-hydrogen) atoms. The van der Waals surface area contributed by atoms with Gasteiger partial charge in [-0.25, -0.2) is 0 Å². The first-order chi connectivity index (χ1) is 8.51. The van der Waals surface area contributed by atoms with Crippen molar-refractivity contribution in [3.05, 3.63) is 0 Å². The third-order valence-corrected chi connectivity index (χ3v) is 5.94. The maximum atomic E-state index is 12.1. The summed E-state index contributed by atoms with van der Waals surface area (Å²) in [6.45, 7) is 4.35. The van der Waals surface area contributed by atoms with E-state index in [-0.39, 0.29) is 29.1 Å². The third-order valence-electron chi connectivity index (χ3n) is 4.75. The number of likely N-dealkylation sites (tertiary alicyclic amines) is 1. The van der Waals surface area contributed by atoms with E-state index in [1.54, 1.807) is 0 Å². The van der Waals surface area contributed by atoms with Gasteiger partial charge < -0.3 is 0 Å². The van der Waals surface area contributed by atoms with Crippen molar-refractivity contribution >= 4 is 27.7 Å². The van der Waals surface area contributed by atoms with Crippen LogP contribution >= 0.6 is 15.9 Å². The average Bonchev–Trinajstić information content (AvgIpc) is 2.58. The largest absolute Gasteiger partial charge is 0.282 e. The minimum Gasteiger partial charge on any atom is -0.282 e. The molecular formula is C14H22BrNO2. The van der Waals surface area contributed by atoms with Gasteiger partial charge in [-0.05, 0) is 18.3 Å². The number of rotatable bonds is 3. The zero-order chi connectivity index (χ0) is 13.3. The Hall–Kier alpha value is -0.380. The Morgan fingerprint density at radius 1 is 1.11 bits per heavy atom. The summed E-state index contributed by atoms with van der Waals surface area (Å²) >= 11 is 3.60. The Balaban J connectivity index is 2.12. The van der Waals surface area contributed by atoms with Crippen LogP contribution in [0.25, 0.3) is 0 Å². The normalized spacial score (nSPS) is 32.1. The first kappa shape index (κ1) is 14.0. The van der Waals surface area contributed by atoms with Gasteiger partial charge in [-0.3, -0.25) is 14.5 Å². The van der Waals surface area contributed by atoms with Gasteiger partial charge in [0, 0.05) is 23.7 Å². The number of carbonyl (C=O) groups excluding carboxylic acids is 2.